The van der Waals surface area contributed by atoms with Gasteiger partial charge in [0.05, 0.1) is 0 Å². The first-order valence-corrected chi connectivity index (χ1v) is 4.39. The van der Waals surface area contributed by atoms with Gasteiger partial charge in [-0.25, -0.2) is 5.73 Å². The number of aryl methyl sites for hydroxylation is 1. The van der Waals surface area contributed by atoms with E-state index in [9.17, 15) is 0 Å². The molecular weight excluding hydrogens is 260 g/mol. The minimum atomic E-state index is 0. The number of benzene rings is 1. The summed E-state index contributed by atoms with van der Waals surface area (Å²) >= 11 is 0. The molecular formula is C13H11BrMg. The standard InChI is InChI=1S/C13H11.BrH.Mg/c1-11-7-9-13(10-8-11)12-5-3-2-4-6-12;;/h3-10H,1H3;1H;/q-1;;+2/p-1. The second-order valence-electron chi connectivity index (χ2n) is 3.15. The monoisotopic (exact) mass is 270 g/mol. The molecule has 1 aliphatic carbocycles. The molecule has 2 heteroatoms. The largest absolute Gasteiger partial charge is 2.00 e. The van der Waals surface area contributed by atoms with Crippen molar-refractivity contribution in [1.82, 2.24) is 0 Å². The fourth-order valence-corrected chi connectivity index (χ4v) is 1.33. The van der Waals surface area contributed by atoms with Gasteiger partial charge in [0.2, 0.25) is 0 Å². The van der Waals surface area contributed by atoms with Crippen molar-refractivity contribution in [2.45, 2.75) is 6.92 Å². The molecule has 0 bridgehead atoms. The summed E-state index contributed by atoms with van der Waals surface area (Å²) < 4.78 is 0. The maximum atomic E-state index is 3.01. The second-order valence-corrected chi connectivity index (χ2v) is 3.15. The molecule has 1 aromatic rings. The van der Waals surface area contributed by atoms with Crippen molar-refractivity contribution in [3.63, 3.8) is 0 Å². The van der Waals surface area contributed by atoms with Crippen LogP contribution in [-0.4, -0.2) is 23.1 Å². The summed E-state index contributed by atoms with van der Waals surface area (Å²) in [5, 5.41) is 0. The molecule has 0 aliphatic heterocycles. The van der Waals surface area contributed by atoms with E-state index in [-0.39, 0.29) is 40.0 Å². The number of rotatable bonds is 1. The second kappa shape index (κ2) is 6.97. The van der Waals surface area contributed by atoms with E-state index in [0.717, 1.165) is 0 Å². The third kappa shape index (κ3) is 3.92. The molecule has 1 aliphatic rings. The van der Waals surface area contributed by atoms with Crippen LogP contribution >= 0.6 is 0 Å². The van der Waals surface area contributed by atoms with Gasteiger partial charge in [-0.2, -0.15) is 0 Å². The molecule has 0 spiro atoms. The van der Waals surface area contributed by atoms with E-state index in [2.05, 4.69) is 49.4 Å². The molecule has 0 nitrogen and oxygen atoms in total. The van der Waals surface area contributed by atoms with Crippen molar-refractivity contribution in [3.05, 3.63) is 65.8 Å². The molecule has 0 saturated heterocycles. The summed E-state index contributed by atoms with van der Waals surface area (Å²) in [6.07, 6.45) is 8.03. The van der Waals surface area contributed by atoms with E-state index < -0.39 is 0 Å². The van der Waals surface area contributed by atoms with Crippen LogP contribution in [-0.2, 0) is 0 Å². The molecule has 1 aromatic carbocycles. The van der Waals surface area contributed by atoms with Gasteiger partial charge >= 0.3 is 23.1 Å². The summed E-state index contributed by atoms with van der Waals surface area (Å²) in [5.41, 5.74) is 6.82. The Morgan fingerprint density at radius 3 is 2.33 bits per heavy atom. The summed E-state index contributed by atoms with van der Waals surface area (Å²) in [4.78, 5) is 0. The van der Waals surface area contributed by atoms with Crippen molar-refractivity contribution in [2.24, 2.45) is 0 Å². The summed E-state index contributed by atoms with van der Waals surface area (Å²) in [5.74, 6) is 0. The molecule has 15 heavy (non-hydrogen) atoms. The topological polar surface area (TPSA) is 0 Å². The number of hydrogen-bond donors (Lipinski definition) is 0. The number of halogens is 1. The third-order valence-electron chi connectivity index (χ3n) is 2.10. The Balaban J connectivity index is 0.000000980. The first-order chi connectivity index (χ1) is 6.36. The molecule has 0 N–H and O–H groups in total. The molecule has 72 valence electrons. The summed E-state index contributed by atoms with van der Waals surface area (Å²) in [6.45, 7) is 2.10. The van der Waals surface area contributed by atoms with Crippen molar-refractivity contribution >= 4 is 28.6 Å². The average Bonchev–Trinajstić information content (AvgIpc) is 2.20. The Bertz CT molecular complexity index is 395. The van der Waals surface area contributed by atoms with Crippen LogP contribution < -0.4 is 17.0 Å². The molecule has 0 saturated carbocycles. The Morgan fingerprint density at radius 2 is 1.80 bits per heavy atom. The van der Waals surface area contributed by atoms with Crippen molar-refractivity contribution in [3.8, 4) is 0 Å². The summed E-state index contributed by atoms with van der Waals surface area (Å²) in [6, 6.07) is 8.55. The fourth-order valence-electron chi connectivity index (χ4n) is 1.33. The molecule has 0 aromatic heterocycles. The minimum Gasteiger partial charge on any atom is -1.00 e. The van der Waals surface area contributed by atoms with Crippen molar-refractivity contribution in [2.75, 3.05) is 0 Å². The first kappa shape index (κ1) is 14.6. The Kier molecular flexibility index (Phi) is 6.78. The predicted molar refractivity (Wildman–Crippen MR) is 61.9 cm³/mol. The smallest absolute Gasteiger partial charge is 1.00 e. The van der Waals surface area contributed by atoms with Gasteiger partial charge in [0.15, 0.2) is 0 Å². The summed E-state index contributed by atoms with van der Waals surface area (Å²) in [7, 11) is 0. The zero-order valence-corrected chi connectivity index (χ0v) is 11.7. The third-order valence-corrected chi connectivity index (χ3v) is 2.10. The van der Waals surface area contributed by atoms with Crippen LogP contribution in [0.2, 0.25) is 0 Å². The molecule has 0 unspecified atom stereocenters. The van der Waals surface area contributed by atoms with E-state index in [0.29, 0.717) is 0 Å². The van der Waals surface area contributed by atoms with Gasteiger partial charge < -0.3 is 17.0 Å². The predicted octanol–water partition coefficient (Wildman–Crippen LogP) is -0.0692. The van der Waals surface area contributed by atoms with Crippen LogP contribution in [0.25, 0.3) is 5.57 Å². The SMILES string of the molecule is Cc1ccc(C2=CC=C=C[CH-]2)cc1.[Br-].[Mg+2]. The van der Waals surface area contributed by atoms with E-state index in [1.807, 2.05) is 12.2 Å². The van der Waals surface area contributed by atoms with E-state index in [1.165, 1.54) is 16.7 Å². The van der Waals surface area contributed by atoms with Gasteiger partial charge in [-0.15, -0.1) is 30.2 Å². The van der Waals surface area contributed by atoms with Crippen molar-refractivity contribution in [1.29, 1.82) is 0 Å². The van der Waals surface area contributed by atoms with Gasteiger partial charge in [0.1, 0.15) is 0 Å². The van der Waals surface area contributed by atoms with Gasteiger partial charge in [0.25, 0.3) is 0 Å². The fraction of sp³-hybridized carbons (Fsp3) is 0.0769. The van der Waals surface area contributed by atoms with Crippen LogP contribution in [0.1, 0.15) is 11.1 Å². The maximum Gasteiger partial charge on any atom is 2.00 e. The molecule has 0 fully saturated rings. The maximum absolute atomic E-state index is 3.01. The molecule has 0 radical (unpaired) electrons. The molecule has 2 rings (SSSR count). The zero-order valence-electron chi connectivity index (χ0n) is 8.70. The number of hydrogen-bond acceptors (Lipinski definition) is 0. The zero-order chi connectivity index (χ0) is 9.10. The van der Waals surface area contributed by atoms with Crippen LogP contribution in [0.4, 0.5) is 0 Å². The quantitative estimate of drug-likeness (QED) is 0.381. The Morgan fingerprint density at radius 1 is 1.13 bits per heavy atom. The van der Waals surface area contributed by atoms with Crippen LogP contribution in [0.15, 0.2) is 48.2 Å². The van der Waals surface area contributed by atoms with Gasteiger partial charge in [-0.3, -0.25) is 0 Å². The molecule has 0 amide bonds. The van der Waals surface area contributed by atoms with E-state index >= 15 is 0 Å². The van der Waals surface area contributed by atoms with Crippen LogP contribution in [0.5, 0.6) is 0 Å². The first-order valence-electron chi connectivity index (χ1n) is 4.39. The van der Waals surface area contributed by atoms with Crippen LogP contribution in [0, 0.1) is 13.3 Å². The minimum absolute atomic E-state index is 0. The van der Waals surface area contributed by atoms with Crippen molar-refractivity contribution < 1.29 is 17.0 Å². The normalized spacial score (nSPS) is 11.9. The Labute approximate surface area is 118 Å². The van der Waals surface area contributed by atoms with Crippen LogP contribution in [0.3, 0.4) is 0 Å². The van der Waals surface area contributed by atoms with E-state index in [4.69, 9.17) is 0 Å². The average molecular weight is 271 g/mol. The molecule has 0 heterocycles. The van der Waals surface area contributed by atoms with E-state index in [1.54, 1.807) is 0 Å². The Hall–Kier alpha value is -0.404. The molecule has 0 atom stereocenters. The van der Waals surface area contributed by atoms with Gasteiger partial charge in [-0.1, -0.05) is 35.4 Å². The number of allylic oxidation sites excluding steroid dienone is 3. The van der Waals surface area contributed by atoms with Gasteiger partial charge in [-0.05, 0) is 6.92 Å². The van der Waals surface area contributed by atoms with Gasteiger partial charge in [0, 0.05) is 0 Å².